The van der Waals surface area contributed by atoms with E-state index in [-0.39, 0.29) is 5.57 Å². The Morgan fingerprint density at radius 3 is 2.57 bits per heavy atom. The van der Waals surface area contributed by atoms with Gasteiger partial charge in [0, 0.05) is 0 Å². The van der Waals surface area contributed by atoms with Gasteiger partial charge >= 0.3 is 6.61 Å². The molecule has 23 heavy (non-hydrogen) atoms. The SMILES string of the molecule is O[C@@H]1[C@@H](O)[C@@H](O)C(COC(F)F)=C[C@H]1NCC1CC2CCC1C2. The van der Waals surface area contributed by atoms with E-state index in [0.717, 1.165) is 18.4 Å². The van der Waals surface area contributed by atoms with Crippen LogP contribution in [0, 0.1) is 17.8 Å². The quantitative estimate of drug-likeness (QED) is 0.537. The molecule has 0 radical (unpaired) electrons. The van der Waals surface area contributed by atoms with Crippen LogP contribution in [0.4, 0.5) is 8.78 Å². The zero-order valence-corrected chi connectivity index (χ0v) is 12.9. The fourth-order valence-corrected chi connectivity index (χ4v) is 4.43. The fraction of sp³-hybridized carbons (Fsp3) is 0.875. The normalized spacial score (nSPS) is 43.2. The number of hydrogen-bond donors (Lipinski definition) is 4. The molecular formula is C16H25F2NO4. The zero-order chi connectivity index (χ0) is 16.6. The molecule has 3 rings (SSSR count). The molecule has 2 fully saturated rings. The largest absolute Gasteiger partial charge is 0.388 e. The lowest BCUT2D eigenvalue weighted by Crippen LogP contribution is -2.54. The second-order valence-electron chi connectivity index (χ2n) is 7.11. The van der Waals surface area contributed by atoms with Gasteiger partial charge in [0.05, 0.1) is 12.6 Å². The van der Waals surface area contributed by atoms with Crippen LogP contribution in [0.2, 0.25) is 0 Å². The number of alkyl halides is 2. The Hall–Kier alpha value is -0.600. The zero-order valence-electron chi connectivity index (χ0n) is 12.9. The van der Waals surface area contributed by atoms with E-state index in [4.69, 9.17) is 0 Å². The molecule has 0 aliphatic heterocycles. The first-order valence-electron chi connectivity index (χ1n) is 8.33. The van der Waals surface area contributed by atoms with Crippen LogP contribution >= 0.6 is 0 Å². The molecular weight excluding hydrogens is 308 g/mol. The number of ether oxygens (including phenoxy) is 1. The number of hydrogen-bond acceptors (Lipinski definition) is 5. The molecule has 0 saturated heterocycles. The van der Waals surface area contributed by atoms with Gasteiger partial charge in [-0.2, -0.15) is 8.78 Å². The molecule has 2 bridgehead atoms. The van der Waals surface area contributed by atoms with E-state index < -0.39 is 37.6 Å². The van der Waals surface area contributed by atoms with Gasteiger partial charge in [-0.3, -0.25) is 0 Å². The highest BCUT2D eigenvalue weighted by atomic mass is 19.3. The molecule has 0 aromatic heterocycles. The van der Waals surface area contributed by atoms with Crippen LogP contribution in [-0.4, -0.2) is 59.4 Å². The standard InChI is InChI=1S/C16H25F2NO4/c17-16(18)23-7-11-5-12(14(21)15(22)13(11)20)19-6-10-4-8-1-2-9(10)3-8/h5,8-10,12-16,19-22H,1-4,6-7H2/t8?,9?,10?,12-,13+,14+,15+/m1/s1. The summed E-state index contributed by atoms with van der Waals surface area (Å²) < 4.78 is 28.6. The van der Waals surface area contributed by atoms with E-state index in [9.17, 15) is 24.1 Å². The predicted molar refractivity (Wildman–Crippen MR) is 78.8 cm³/mol. The van der Waals surface area contributed by atoms with Crippen LogP contribution in [0.15, 0.2) is 11.6 Å². The molecule has 5 nitrogen and oxygen atoms in total. The summed E-state index contributed by atoms with van der Waals surface area (Å²) in [5.74, 6) is 2.12. The summed E-state index contributed by atoms with van der Waals surface area (Å²) in [6.07, 6.45) is 2.60. The highest BCUT2D eigenvalue weighted by molar-refractivity contribution is 5.22. The number of aliphatic hydroxyl groups excluding tert-OH is 3. The molecule has 7 atom stereocenters. The topological polar surface area (TPSA) is 82.0 Å². The van der Waals surface area contributed by atoms with Crippen molar-refractivity contribution in [3.05, 3.63) is 11.6 Å². The van der Waals surface area contributed by atoms with E-state index in [0.29, 0.717) is 5.92 Å². The average molecular weight is 333 g/mol. The number of rotatable bonds is 6. The molecule has 0 amide bonds. The third-order valence-corrected chi connectivity index (χ3v) is 5.69. The van der Waals surface area contributed by atoms with E-state index in [1.807, 2.05) is 0 Å². The molecule has 4 N–H and O–H groups in total. The maximum atomic E-state index is 12.2. The Labute approximate surface area is 134 Å². The highest BCUT2D eigenvalue weighted by Crippen LogP contribution is 2.48. The smallest absolute Gasteiger partial charge is 0.345 e. The van der Waals surface area contributed by atoms with Crippen molar-refractivity contribution >= 4 is 0 Å². The van der Waals surface area contributed by atoms with Crippen LogP contribution < -0.4 is 5.32 Å². The maximum Gasteiger partial charge on any atom is 0.345 e. The van der Waals surface area contributed by atoms with Gasteiger partial charge < -0.3 is 25.4 Å². The molecule has 3 aliphatic rings. The monoisotopic (exact) mass is 333 g/mol. The van der Waals surface area contributed by atoms with Gasteiger partial charge in [-0.05, 0) is 49.1 Å². The average Bonchev–Trinajstić information content (AvgIpc) is 3.13. The minimum Gasteiger partial charge on any atom is -0.388 e. The lowest BCUT2D eigenvalue weighted by molar-refractivity contribution is -0.129. The summed E-state index contributed by atoms with van der Waals surface area (Å²) in [4.78, 5) is 0. The fourth-order valence-electron chi connectivity index (χ4n) is 4.43. The van der Waals surface area contributed by atoms with Crippen molar-refractivity contribution in [1.82, 2.24) is 5.32 Å². The molecule has 0 spiro atoms. The Morgan fingerprint density at radius 2 is 1.96 bits per heavy atom. The third kappa shape index (κ3) is 3.74. The molecule has 0 aromatic carbocycles. The van der Waals surface area contributed by atoms with Crippen molar-refractivity contribution in [1.29, 1.82) is 0 Å². The van der Waals surface area contributed by atoms with Gasteiger partial charge in [0.2, 0.25) is 0 Å². The predicted octanol–water partition coefficient (Wildman–Crippen LogP) is 0.643. The van der Waals surface area contributed by atoms with E-state index in [1.165, 1.54) is 31.8 Å². The van der Waals surface area contributed by atoms with Gasteiger partial charge in [0.25, 0.3) is 0 Å². The second-order valence-corrected chi connectivity index (χ2v) is 7.11. The first-order valence-corrected chi connectivity index (χ1v) is 8.33. The van der Waals surface area contributed by atoms with E-state index >= 15 is 0 Å². The summed E-state index contributed by atoms with van der Waals surface area (Å²) in [6, 6.07) is -0.566. The molecule has 3 aliphatic carbocycles. The summed E-state index contributed by atoms with van der Waals surface area (Å²) in [5.41, 5.74) is 0.175. The van der Waals surface area contributed by atoms with Crippen molar-refractivity contribution in [3.63, 3.8) is 0 Å². The highest BCUT2D eigenvalue weighted by Gasteiger charge is 2.41. The Morgan fingerprint density at radius 1 is 1.17 bits per heavy atom. The summed E-state index contributed by atoms with van der Waals surface area (Å²) in [6.45, 7) is -2.67. The van der Waals surface area contributed by atoms with E-state index in [2.05, 4.69) is 10.1 Å². The van der Waals surface area contributed by atoms with Gasteiger partial charge in [-0.1, -0.05) is 12.5 Å². The Kier molecular flexibility index (Phi) is 5.32. The van der Waals surface area contributed by atoms with Gasteiger partial charge in [-0.15, -0.1) is 0 Å². The van der Waals surface area contributed by atoms with Crippen molar-refractivity contribution in [2.75, 3.05) is 13.2 Å². The Balaban J connectivity index is 1.59. The summed E-state index contributed by atoms with van der Waals surface area (Å²) in [5, 5.41) is 33.1. The van der Waals surface area contributed by atoms with Crippen LogP contribution in [-0.2, 0) is 4.74 Å². The first-order chi connectivity index (χ1) is 11.0. The van der Waals surface area contributed by atoms with Gasteiger partial charge in [-0.25, -0.2) is 0 Å². The van der Waals surface area contributed by atoms with Crippen molar-refractivity contribution in [3.8, 4) is 0 Å². The van der Waals surface area contributed by atoms with Gasteiger partial charge in [0.1, 0.15) is 18.3 Å². The molecule has 132 valence electrons. The van der Waals surface area contributed by atoms with Crippen LogP contribution in [0.5, 0.6) is 0 Å². The molecule has 3 unspecified atom stereocenters. The van der Waals surface area contributed by atoms with E-state index in [1.54, 1.807) is 0 Å². The summed E-state index contributed by atoms with van der Waals surface area (Å²) >= 11 is 0. The lowest BCUT2D eigenvalue weighted by Gasteiger charge is -2.36. The lowest BCUT2D eigenvalue weighted by atomic mass is 9.86. The van der Waals surface area contributed by atoms with Crippen molar-refractivity contribution < 1.29 is 28.8 Å². The van der Waals surface area contributed by atoms with Crippen LogP contribution in [0.25, 0.3) is 0 Å². The molecule has 2 saturated carbocycles. The van der Waals surface area contributed by atoms with Crippen LogP contribution in [0.3, 0.4) is 0 Å². The number of nitrogens with one attached hydrogen (secondary N) is 1. The number of halogens is 2. The molecule has 7 heteroatoms. The maximum absolute atomic E-state index is 12.2. The molecule has 0 aromatic rings. The number of fused-ring (bicyclic) bond motifs is 2. The summed E-state index contributed by atoms with van der Waals surface area (Å²) in [7, 11) is 0. The van der Waals surface area contributed by atoms with Crippen molar-refractivity contribution in [2.24, 2.45) is 17.8 Å². The number of aliphatic hydroxyl groups is 3. The third-order valence-electron chi connectivity index (χ3n) is 5.69. The van der Waals surface area contributed by atoms with Gasteiger partial charge in [0.15, 0.2) is 0 Å². The minimum absolute atomic E-state index is 0.175. The Bertz CT molecular complexity index is 448. The minimum atomic E-state index is -2.94. The molecule has 0 heterocycles. The van der Waals surface area contributed by atoms with Crippen molar-refractivity contribution in [2.45, 2.75) is 56.6 Å². The first kappa shape index (κ1) is 17.2. The second kappa shape index (κ2) is 7.11. The van der Waals surface area contributed by atoms with Crippen LogP contribution in [0.1, 0.15) is 25.7 Å².